The number of carbonyl (C=O) groups is 5. The molecule has 12 nitrogen and oxygen atoms in total. The third kappa shape index (κ3) is 10.9. The van der Waals surface area contributed by atoms with E-state index in [2.05, 4.69) is 21.3 Å². The summed E-state index contributed by atoms with van der Waals surface area (Å²) in [4.78, 5) is 64.7. The molecule has 1 fully saturated rings. The minimum Gasteiger partial charge on any atom is -0.508 e. The number of phenols is 1. The second kappa shape index (κ2) is 16.6. The SMILES string of the molecule is COC(=O)[C@H](CC(C)C)NC(=O)[C@H](NC(=O)CNC(=O)[C@@H](C)NC(=O)[C@@H](N)Cc1ccc(O)cc1)[C@H](c1ccccc1)C1CC1. The number of amides is 4. The number of phenolic OH excluding ortho intramolecular Hbond substituents is 1. The van der Waals surface area contributed by atoms with Crippen LogP contribution in [0.2, 0.25) is 0 Å². The number of ether oxygens (including phenoxy) is 1. The number of benzene rings is 2. The van der Waals surface area contributed by atoms with Crippen LogP contribution in [-0.2, 0) is 35.1 Å². The Morgan fingerprint density at radius 1 is 0.889 bits per heavy atom. The Balaban J connectivity index is 1.65. The maximum Gasteiger partial charge on any atom is 0.328 e. The fourth-order valence-corrected chi connectivity index (χ4v) is 5.18. The number of rotatable bonds is 16. The highest BCUT2D eigenvalue weighted by molar-refractivity contribution is 5.94. The lowest BCUT2D eigenvalue weighted by Crippen LogP contribution is -2.56. The first kappa shape index (κ1) is 35.0. The summed E-state index contributed by atoms with van der Waals surface area (Å²) in [5, 5.41) is 20.1. The zero-order valence-corrected chi connectivity index (χ0v) is 26.2. The van der Waals surface area contributed by atoms with Crippen molar-refractivity contribution in [1.29, 1.82) is 0 Å². The molecule has 0 spiro atoms. The van der Waals surface area contributed by atoms with Crippen LogP contribution >= 0.6 is 0 Å². The van der Waals surface area contributed by atoms with Crippen LogP contribution in [0.15, 0.2) is 54.6 Å². The molecule has 0 aromatic heterocycles. The van der Waals surface area contributed by atoms with Crippen LogP contribution < -0.4 is 27.0 Å². The minimum atomic E-state index is -1.02. The Labute approximate surface area is 263 Å². The van der Waals surface area contributed by atoms with Crippen LogP contribution in [0.1, 0.15) is 57.1 Å². The van der Waals surface area contributed by atoms with Crippen LogP contribution in [0.3, 0.4) is 0 Å². The quantitative estimate of drug-likeness (QED) is 0.151. The van der Waals surface area contributed by atoms with E-state index in [4.69, 9.17) is 10.5 Å². The third-order valence-electron chi connectivity index (χ3n) is 7.69. The second-order valence-corrected chi connectivity index (χ2v) is 12.0. The molecule has 5 atom stereocenters. The fourth-order valence-electron chi connectivity index (χ4n) is 5.18. The summed E-state index contributed by atoms with van der Waals surface area (Å²) in [5.74, 6) is -2.87. The number of methoxy groups -OCH3 is 1. The zero-order chi connectivity index (χ0) is 33.1. The van der Waals surface area contributed by atoms with E-state index in [1.165, 1.54) is 26.2 Å². The summed E-state index contributed by atoms with van der Waals surface area (Å²) in [5.41, 5.74) is 7.62. The molecule has 0 saturated heterocycles. The Morgan fingerprint density at radius 3 is 2.11 bits per heavy atom. The summed E-state index contributed by atoms with van der Waals surface area (Å²) in [6.07, 6.45) is 2.32. The van der Waals surface area contributed by atoms with Gasteiger partial charge in [-0.2, -0.15) is 0 Å². The van der Waals surface area contributed by atoms with Gasteiger partial charge in [0.1, 0.15) is 23.9 Å². The molecule has 0 aliphatic heterocycles. The van der Waals surface area contributed by atoms with Gasteiger partial charge in [0, 0.05) is 5.92 Å². The van der Waals surface area contributed by atoms with Crippen molar-refractivity contribution in [2.75, 3.05) is 13.7 Å². The van der Waals surface area contributed by atoms with Gasteiger partial charge in [-0.3, -0.25) is 19.2 Å². The molecule has 7 N–H and O–H groups in total. The van der Waals surface area contributed by atoms with E-state index in [1.54, 1.807) is 12.1 Å². The van der Waals surface area contributed by atoms with E-state index in [0.29, 0.717) is 6.42 Å². The maximum absolute atomic E-state index is 13.7. The number of aromatic hydroxyl groups is 1. The van der Waals surface area contributed by atoms with Gasteiger partial charge in [0.15, 0.2) is 0 Å². The molecule has 1 aliphatic carbocycles. The fraction of sp³-hybridized carbons (Fsp3) is 0.485. The molecule has 2 aromatic rings. The molecule has 1 saturated carbocycles. The molecular formula is C33H45N5O7. The predicted octanol–water partition coefficient (Wildman–Crippen LogP) is 1.27. The van der Waals surface area contributed by atoms with Crippen molar-refractivity contribution in [2.24, 2.45) is 17.6 Å². The maximum atomic E-state index is 13.7. The third-order valence-corrected chi connectivity index (χ3v) is 7.69. The van der Waals surface area contributed by atoms with Crippen molar-refractivity contribution in [2.45, 2.75) is 76.5 Å². The van der Waals surface area contributed by atoms with E-state index < -0.39 is 60.3 Å². The Kier molecular flexibility index (Phi) is 12.9. The van der Waals surface area contributed by atoms with Gasteiger partial charge in [-0.1, -0.05) is 56.3 Å². The molecular weight excluding hydrogens is 578 g/mol. The average Bonchev–Trinajstić information content (AvgIpc) is 3.85. The Morgan fingerprint density at radius 2 is 1.53 bits per heavy atom. The van der Waals surface area contributed by atoms with E-state index >= 15 is 0 Å². The van der Waals surface area contributed by atoms with Crippen molar-refractivity contribution < 1.29 is 33.8 Å². The van der Waals surface area contributed by atoms with E-state index in [1.807, 2.05) is 44.2 Å². The van der Waals surface area contributed by atoms with Crippen LogP contribution in [0.4, 0.5) is 0 Å². The van der Waals surface area contributed by atoms with Crippen molar-refractivity contribution in [1.82, 2.24) is 21.3 Å². The van der Waals surface area contributed by atoms with E-state index in [-0.39, 0.29) is 29.9 Å². The van der Waals surface area contributed by atoms with Crippen LogP contribution in [0.5, 0.6) is 5.75 Å². The first-order valence-corrected chi connectivity index (χ1v) is 15.2. The molecule has 2 aromatic carbocycles. The lowest BCUT2D eigenvalue weighted by Gasteiger charge is -2.30. The van der Waals surface area contributed by atoms with Gasteiger partial charge in [-0.25, -0.2) is 4.79 Å². The highest BCUT2D eigenvalue weighted by Gasteiger charge is 2.42. The molecule has 0 unspecified atom stereocenters. The number of carbonyl (C=O) groups excluding carboxylic acids is 5. The summed E-state index contributed by atoms with van der Waals surface area (Å²) < 4.78 is 4.91. The van der Waals surface area contributed by atoms with Crippen molar-refractivity contribution in [3.8, 4) is 5.75 Å². The average molecular weight is 624 g/mol. The molecule has 0 heterocycles. The molecule has 1 aliphatic rings. The second-order valence-electron chi connectivity index (χ2n) is 12.0. The van der Waals surface area contributed by atoms with Crippen LogP contribution in [-0.4, -0.2) is 72.5 Å². The number of nitrogens with two attached hydrogens (primary N) is 1. The van der Waals surface area contributed by atoms with Crippen molar-refractivity contribution >= 4 is 29.6 Å². The number of esters is 1. The molecule has 4 amide bonds. The van der Waals surface area contributed by atoms with Gasteiger partial charge in [0.2, 0.25) is 23.6 Å². The van der Waals surface area contributed by atoms with Gasteiger partial charge in [-0.15, -0.1) is 0 Å². The lowest BCUT2D eigenvalue weighted by atomic mass is 9.86. The van der Waals surface area contributed by atoms with Gasteiger partial charge < -0.3 is 36.8 Å². The Bertz CT molecular complexity index is 1310. The highest BCUT2D eigenvalue weighted by atomic mass is 16.5. The topological polar surface area (TPSA) is 189 Å². The highest BCUT2D eigenvalue weighted by Crippen LogP contribution is 2.44. The monoisotopic (exact) mass is 623 g/mol. The molecule has 12 heteroatoms. The summed E-state index contributed by atoms with van der Waals surface area (Å²) >= 11 is 0. The molecule has 3 rings (SSSR count). The largest absolute Gasteiger partial charge is 0.508 e. The van der Waals surface area contributed by atoms with E-state index in [9.17, 15) is 29.1 Å². The summed E-state index contributed by atoms with van der Waals surface area (Å²) in [6.45, 7) is 4.87. The summed E-state index contributed by atoms with van der Waals surface area (Å²) in [6, 6.07) is 11.9. The van der Waals surface area contributed by atoms with Crippen LogP contribution in [0.25, 0.3) is 0 Å². The number of nitrogens with one attached hydrogen (secondary N) is 4. The normalized spacial score (nSPS) is 16.0. The van der Waals surface area contributed by atoms with Crippen molar-refractivity contribution in [3.63, 3.8) is 0 Å². The first-order valence-electron chi connectivity index (χ1n) is 15.2. The standard InChI is InChI=1S/C33H45N5O7/c1-19(2)16-26(33(44)45-4)37-32(43)29(28(23-12-13-23)22-8-6-5-7-9-22)38-27(40)18-35-30(41)20(3)36-31(42)25(34)17-21-10-14-24(39)15-11-21/h5-11,14-15,19-20,23,25-26,28-29,39H,12-13,16-18,34H2,1-4H3,(H,35,41)(H,36,42)(H,37,43)(H,38,40)/t20-,25+,26+,28-,29-/m1/s1. The summed E-state index contributed by atoms with van der Waals surface area (Å²) in [7, 11) is 1.26. The molecule has 0 bridgehead atoms. The Hall–Kier alpha value is -4.45. The number of hydrogen-bond donors (Lipinski definition) is 6. The zero-order valence-electron chi connectivity index (χ0n) is 26.2. The molecule has 244 valence electrons. The van der Waals surface area contributed by atoms with Gasteiger partial charge in [-0.05, 0) is 67.7 Å². The minimum absolute atomic E-state index is 0.0934. The van der Waals surface area contributed by atoms with Crippen LogP contribution in [0, 0.1) is 11.8 Å². The first-order chi connectivity index (χ1) is 21.4. The van der Waals surface area contributed by atoms with E-state index in [0.717, 1.165) is 24.0 Å². The molecule has 45 heavy (non-hydrogen) atoms. The van der Waals surface area contributed by atoms with Crippen molar-refractivity contribution in [3.05, 3.63) is 65.7 Å². The van der Waals surface area contributed by atoms with Gasteiger partial charge >= 0.3 is 5.97 Å². The molecule has 0 radical (unpaired) electrons. The predicted molar refractivity (Wildman–Crippen MR) is 168 cm³/mol. The smallest absolute Gasteiger partial charge is 0.328 e. The lowest BCUT2D eigenvalue weighted by molar-refractivity contribution is -0.146. The van der Waals surface area contributed by atoms with Gasteiger partial charge in [0.25, 0.3) is 0 Å². The number of hydrogen-bond acceptors (Lipinski definition) is 8. The van der Waals surface area contributed by atoms with Gasteiger partial charge in [0.05, 0.1) is 19.7 Å².